The molecule has 0 fully saturated rings. The number of aliphatic hydroxyl groups is 2. The molecule has 0 spiro atoms. The van der Waals surface area contributed by atoms with Crippen LogP contribution in [0.3, 0.4) is 0 Å². The number of benzene rings is 1. The third-order valence-corrected chi connectivity index (χ3v) is 2.27. The summed E-state index contributed by atoms with van der Waals surface area (Å²) in [7, 11) is 0. The third kappa shape index (κ3) is 2.30. The van der Waals surface area contributed by atoms with Gasteiger partial charge in [-0.25, -0.2) is 4.79 Å². The molecule has 0 aliphatic heterocycles. The summed E-state index contributed by atoms with van der Waals surface area (Å²) >= 11 is 0. The number of aromatic carboxylic acids is 1. The molecular weight excluding hydrogens is 212 g/mol. The minimum Gasteiger partial charge on any atom is -0.478 e. The van der Waals surface area contributed by atoms with E-state index in [9.17, 15) is 15.0 Å². The molecule has 0 heterocycles. The van der Waals surface area contributed by atoms with Crippen LogP contribution >= 0.6 is 0 Å². The normalized spacial score (nSPS) is 14.4. The van der Waals surface area contributed by atoms with E-state index in [0.717, 1.165) is 0 Å². The Morgan fingerprint density at radius 3 is 2.50 bits per heavy atom. The Morgan fingerprint density at radius 2 is 2.00 bits per heavy atom. The quantitative estimate of drug-likeness (QED) is 0.432. The molecule has 0 radical (unpaired) electrons. The molecule has 0 bridgehead atoms. The van der Waals surface area contributed by atoms with Crippen LogP contribution in [0.25, 0.3) is 0 Å². The maximum Gasteiger partial charge on any atom is 0.338 e. The molecule has 0 aliphatic carbocycles. The summed E-state index contributed by atoms with van der Waals surface area (Å²) in [6, 6.07) is 4.31. The van der Waals surface area contributed by atoms with Crippen molar-refractivity contribution in [3.63, 3.8) is 0 Å². The maximum atomic E-state index is 11.0. The van der Waals surface area contributed by atoms with Gasteiger partial charge in [-0.3, -0.25) is 0 Å². The molecule has 0 saturated heterocycles. The van der Waals surface area contributed by atoms with Crippen molar-refractivity contribution >= 4 is 11.7 Å². The van der Waals surface area contributed by atoms with Gasteiger partial charge in [0, 0.05) is 12.2 Å². The largest absolute Gasteiger partial charge is 0.478 e. The number of carboxylic acid groups (broad SMARTS) is 1. The highest BCUT2D eigenvalue weighted by molar-refractivity contribution is 5.95. The summed E-state index contributed by atoms with van der Waals surface area (Å²) in [6.45, 7) is -0.172. The van der Waals surface area contributed by atoms with Gasteiger partial charge >= 0.3 is 5.97 Å². The zero-order chi connectivity index (χ0) is 12.3. The van der Waals surface area contributed by atoms with E-state index in [-0.39, 0.29) is 23.4 Å². The fourth-order valence-electron chi connectivity index (χ4n) is 1.42. The molecule has 0 saturated carbocycles. The lowest BCUT2D eigenvalue weighted by atomic mass is 9.97. The van der Waals surface area contributed by atoms with Crippen LogP contribution in [0.5, 0.6) is 0 Å². The number of nitrogens with two attached hydrogens (primary N) is 2. The van der Waals surface area contributed by atoms with Crippen LogP contribution in [0.4, 0.5) is 5.69 Å². The smallest absolute Gasteiger partial charge is 0.338 e. The number of hydrogen-bond acceptors (Lipinski definition) is 5. The van der Waals surface area contributed by atoms with Gasteiger partial charge in [0.2, 0.25) is 0 Å². The van der Waals surface area contributed by atoms with Crippen LogP contribution < -0.4 is 11.5 Å². The lowest BCUT2D eigenvalue weighted by Gasteiger charge is -2.18. The number of aliphatic hydroxyl groups excluding tert-OH is 2. The van der Waals surface area contributed by atoms with Crippen molar-refractivity contribution in [3.8, 4) is 0 Å². The Labute approximate surface area is 92.1 Å². The zero-order valence-electron chi connectivity index (χ0n) is 8.50. The van der Waals surface area contributed by atoms with Crippen molar-refractivity contribution in [2.45, 2.75) is 12.2 Å². The molecule has 1 aromatic carbocycles. The van der Waals surface area contributed by atoms with E-state index in [4.69, 9.17) is 16.6 Å². The van der Waals surface area contributed by atoms with Gasteiger partial charge in [-0.2, -0.15) is 0 Å². The highest BCUT2D eigenvalue weighted by Crippen LogP contribution is 2.25. The summed E-state index contributed by atoms with van der Waals surface area (Å²) < 4.78 is 0. The van der Waals surface area contributed by atoms with Gasteiger partial charge in [0.25, 0.3) is 0 Å². The third-order valence-electron chi connectivity index (χ3n) is 2.27. The maximum absolute atomic E-state index is 11.0. The van der Waals surface area contributed by atoms with E-state index in [1.807, 2.05) is 0 Å². The van der Waals surface area contributed by atoms with Crippen LogP contribution in [-0.4, -0.2) is 33.9 Å². The van der Waals surface area contributed by atoms with Gasteiger partial charge in [-0.05, 0) is 11.6 Å². The van der Waals surface area contributed by atoms with Gasteiger partial charge in [-0.1, -0.05) is 12.1 Å². The molecule has 7 N–H and O–H groups in total. The topological polar surface area (TPSA) is 130 Å². The number of carboxylic acids is 1. The van der Waals surface area contributed by atoms with E-state index >= 15 is 0 Å². The summed E-state index contributed by atoms with van der Waals surface area (Å²) in [4.78, 5) is 11.0. The first-order valence-electron chi connectivity index (χ1n) is 4.67. The number of nitrogen functional groups attached to an aromatic ring is 1. The number of rotatable bonds is 4. The SMILES string of the molecule is NCC(O)C(O)c1cccc(N)c1C(=O)O. The Balaban J connectivity index is 3.22. The second kappa shape index (κ2) is 4.93. The van der Waals surface area contributed by atoms with E-state index in [2.05, 4.69) is 0 Å². The van der Waals surface area contributed by atoms with Crippen molar-refractivity contribution in [3.05, 3.63) is 29.3 Å². The lowest BCUT2D eigenvalue weighted by molar-refractivity contribution is 0.0232. The predicted molar refractivity (Wildman–Crippen MR) is 57.8 cm³/mol. The van der Waals surface area contributed by atoms with Gasteiger partial charge in [0.1, 0.15) is 6.10 Å². The highest BCUT2D eigenvalue weighted by atomic mass is 16.4. The predicted octanol–water partition coefficient (Wildman–Crippen LogP) is -0.680. The van der Waals surface area contributed by atoms with Crippen molar-refractivity contribution in [2.24, 2.45) is 5.73 Å². The zero-order valence-corrected chi connectivity index (χ0v) is 8.50. The van der Waals surface area contributed by atoms with Crippen LogP contribution in [-0.2, 0) is 0 Å². The molecule has 1 rings (SSSR count). The molecule has 16 heavy (non-hydrogen) atoms. The standard InChI is InChI=1S/C10H14N2O4/c11-4-7(13)9(14)5-2-1-3-6(12)8(5)10(15)16/h1-3,7,9,13-14H,4,11-12H2,(H,15,16). The molecule has 0 aromatic heterocycles. The molecule has 6 nitrogen and oxygen atoms in total. The van der Waals surface area contributed by atoms with E-state index in [1.165, 1.54) is 18.2 Å². The molecule has 2 atom stereocenters. The van der Waals surface area contributed by atoms with E-state index in [0.29, 0.717) is 0 Å². The highest BCUT2D eigenvalue weighted by Gasteiger charge is 2.24. The first kappa shape index (κ1) is 12.4. The summed E-state index contributed by atoms with van der Waals surface area (Å²) in [5, 5.41) is 28.0. The Kier molecular flexibility index (Phi) is 3.83. The second-order valence-corrected chi connectivity index (χ2v) is 3.36. The van der Waals surface area contributed by atoms with Crippen molar-refractivity contribution in [1.82, 2.24) is 0 Å². The Bertz CT molecular complexity index is 394. The Morgan fingerprint density at radius 1 is 1.38 bits per heavy atom. The molecule has 0 aliphatic rings. The number of anilines is 1. The fourth-order valence-corrected chi connectivity index (χ4v) is 1.42. The lowest BCUT2D eigenvalue weighted by Crippen LogP contribution is -2.28. The van der Waals surface area contributed by atoms with Crippen molar-refractivity contribution < 1.29 is 20.1 Å². The fraction of sp³-hybridized carbons (Fsp3) is 0.300. The molecule has 2 unspecified atom stereocenters. The minimum absolute atomic E-state index is 0.0354. The summed E-state index contributed by atoms with van der Waals surface area (Å²) in [5.41, 5.74) is 10.6. The number of hydrogen-bond donors (Lipinski definition) is 5. The monoisotopic (exact) mass is 226 g/mol. The Hall–Kier alpha value is -1.63. The first-order chi connectivity index (χ1) is 7.49. The molecule has 0 amide bonds. The molecule has 88 valence electrons. The molecule has 6 heteroatoms. The van der Waals surface area contributed by atoms with Crippen molar-refractivity contribution in [2.75, 3.05) is 12.3 Å². The average Bonchev–Trinajstić information content (AvgIpc) is 2.26. The summed E-state index contributed by atoms with van der Waals surface area (Å²) in [5.74, 6) is -1.25. The van der Waals surface area contributed by atoms with E-state index < -0.39 is 18.2 Å². The minimum atomic E-state index is -1.36. The van der Waals surface area contributed by atoms with Crippen LogP contribution in [0, 0.1) is 0 Å². The second-order valence-electron chi connectivity index (χ2n) is 3.36. The molecule has 1 aromatic rings. The van der Waals surface area contributed by atoms with Gasteiger partial charge in [0.15, 0.2) is 0 Å². The van der Waals surface area contributed by atoms with Crippen LogP contribution in [0.2, 0.25) is 0 Å². The first-order valence-corrected chi connectivity index (χ1v) is 4.67. The van der Waals surface area contributed by atoms with Crippen LogP contribution in [0.1, 0.15) is 22.0 Å². The van der Waals surface area contributed by atoms with Crippen molar-refractivity contribution in [1.29, 1.82) is 0 Å². The van der Waals surface area contributed by atoms with E-state index in [1.54, 1.807) is 0 Å². The molecular formula is C10H14N2O4. The van der Waals surface area contributed by atoms with Gasteiger partial charge < -0.3 is 26.8 Å². The average molecular weight is 226 g/mol. The van der Waals surface area contributed by atoms with Crippen LogP contribution in [0.15, 0.2) is 18.2 Å². The van der Waals surface area contributed by atoms with Gasteiger partial charge in [-0.15, -0.1) is 0 Å². The summed E-state index contributed by atoms with van der Waals surface area (Å²) in [6.07, 6.45) is -2.58. The van der Waals surface area contributed by atoms with Gasteiger partial charge in [0.05, 0.1) is 11.7 Å². The number of carbonyl (C=O) groups is 1.